The maximum absolute atomic E-state index is 6.01. The van der Waals surface area contributed by atoms with Gasteiger partial charge >= 0.3 is 0 Å². The van der Waals surface area contributed by atoms with Crippen molar-refractivity contribution >= 4 is 29.9 Å². The van der Waals surface area contributed by atoms with Crippen LogP contribution in [0.4, 0.5) is 0 Å². The highest BCUT2D eigenvalue weighted by Gasteiger charge is 2.25. The average molecular weight is 482 g/mol. The van der Waals surface area contributed by atoms with Crippen molar-refractivity contribution in [2.75, 3.05) is 33.9 Å². The van der Waals surface area contributed by atoms with Crippen molar-refractivity contribution in [1.82, 2.24) is 15.2 Å². The van der Waals surface area contributed by atoms with Crippen LogP contribution in [0.3, 0.4) is 0 Å². The van der Waals surface area contributed by atoms with E-state index in [1.165, 1.54) is 11.1 Å². The molecule has 0 bridgehead atoms. The molecule has 1 aliphatic rings. The number of guanidine groups is 1. The van der Waals surface area contributed by atoms with E-state index in [-0.39, 0.29) is 30.1 Å². The van der Waals surface area contributed by atoms with Gasteiger partial charge in [-0.15, -0.1) is 24.0 Å². The molecule has 0 spiro atoms. The van der Waals surface area contributed by atoms with Gasteiger partial charge < -0.3 is 19.7 Å². The van der Waals surface area contributed by atoms with E-state index in [0.717, 1.165) is 24.7 Å². The Kier molecular flexibility index (Phi) is 8.30. The number of morpholine rings is 1. The van der Waals surface area contributed by atoms with Gasteiger partial charge in [0.1, 0.15) is 6.10 Å². The third-order valence-electron chi connectivity index (χ3n) is 4.53. The molecule has 1 unspecified atom stereocenters. The summed E-state index contributed by atoms with van der Waals surface area (Å²) < 4.78 is 11.2. The Morgan fingerprint density at radius 3 is 2.85 bits per heavy atom. The molecular weight excluding hydrogens is 455 g/mol. The SMILES string of the molecule is CN=C(NCc1cccc(OC)n1)N1CCOC(c2ccccc2C)C1.I. The zero-order valence-electron chi connectivity index (χ0n) is 16.0. The van der Waals surface area contributed by atoms with Crippen LogP contribution in [-0.4, -0.2) is 49.7 Å². The minimum Gasteiger partial charge on any atom is -0.481 e. The molecule has 0 aliphatic carbocycles. The van der Waals surface area contributed by atoms with Crippen molar-refractivity contribution in [2.24, 2.45) is 4.99 Å². The number of methoxy groups -OCH3 is 1. The number of pyridine rings is 1. The number of rotatable bonds is 4. The largest absolute Gasteiger partial charge is 0.481 e. The number of halogens is 1. The Morgan fingerprint density at radius 2 is 2.11 bits per heavy atom. The second kappa shape index (κ2) is 10.5. The summed E-state index contributed by atoms with van der Waals surface area (Å²) in [5.74, 6) is 1.47. The van der Waals surface area contributed by atoms with Gasteiger partial charge in [0.25, 0.3) is 0 Å². The van der Waals surface area contributed by atoms with Crippen LogP contribution in [0.2, 0.25) is 0 Å². The number of nitrogens with one attached hydrogen (secondary N) is 1. The summed E-state index contributed by atoms with van der Waals surface area (Å²) in [4.78, 5) is 11.1. The molecule has 7 heteroatoms. The Labute approximate surface area is 178 Å². The molecule has 1 aliphatic heterocycles. The van der Waals surface area contributed by atoms with Crippen LogP contribution in [0.25, 0.3) is 0 Å². The van der Waals surface area contributed by atoms with Crippen LogP contribution in [0.1, 0.15) is 22.9 Å². The fraction of sp³-hybridized carbons (Fsp3) is 0.400. The predicted octanol–water partition coefficient (Wildman–Crippen LogP) is 3.17. The summed E-state index contributed by atoms with van der Waals surface area (Å²) in [6.45, 7) is 4.98. The third kappa shape index (κ3) is 5.55. The maximum Gasteiger partial charge on any atom is 0.213 e. The molecule has 1 fully saturated rings. The summed E-state index contributed by atoms with van der Waals surface area (Å²) in [6.07, 6.45) is 0.0541. The Balaban J connectivity index is 0.00000261. The normalized spacial score (nSPS) is 17.2. The summed E-state index contributed by atoms with van der Waals surface area (Å²) in [5, 5.41) is 3.40. The van der Waals surface area contributed by atoms with Crippen LogP contribution in [0.5, 0.6) is 5.88 Å². The predicted molar refractivity (Wildman–Crippen MR) is 118 cm³/mol. The molecule has 146 valence electrons. The standard InChI is InChI=1S/C20H26N4O2.HI/c1-15-7-4-5-9-17(15)18-14-24(11-12-26-18)20(21-2)22-13-16-8-6-10-19(23-16)25-3;/h4-10,18H,11-14H2,1-3H3,(H,21,22);1H. The van der Waals surface area contributed by atoms with Gasteiger partial charge in [-0.25, -0.2) is 4.98 Å². The zero-order valence-corrected chi connectivity index (χ0v) is 18.3. The Bertz CT molecular complexity index is 769. The highest BCUT2D eigenvalue weighted by atomic mass is 127. The lowest BCUT2D eigenvalue weighted by atomic mass is 10.0. The maximum atomic E-state index is 6.01. The molecule has 27 heavy (non-hydrogen) atoms. The van der Waals surface area contributed by atoms with Gasteiger partial charge in [-0.05, 0) is 24.1 Å². The minimum absolute atomic E-state index is 0. The number of hydrogen-bond donors (Lipinski definition) is 1. The van der Waals surface area contributed by atoms with E-state index >= 15 is 0 Å². The lowest BCUT2D eigenvalue weighted by Crippen LogP contribution is -2.48. The van der Waals surface area contributed by atoms with Crippen molar-refractivity contribution in [3.8, 4) is 5.88 Å². The van der Waals surface area contributed by atoms with Crippen LogP contribution < -0.4 is 10.1 Å². The number of aryl methyl sites for hydroxylation is 1. The van der Waals surface area contributed by atoms with Gasteiger partial charge in [-0.1, -0.05) is 30.3 Å². The summed E-state index contributed by atoms with van der Waals surface area (Å²) in [5.41, 5.74) is 3.40. The second-order valence-corrected chi connectivity index (χ2v) is 6.23. The number of benzene rings is 1. The summed E-state index contributed by atoms with van der Waals surface area (Å²) in [7, 11) is 3.43. The molecule has 1 aromatic heterocycles. The van der Waals surface area contributed by atoms with E-state index < -0.39 is 0 Å². The average Bonchev–Trinajstić information content (AvgIpc) is 2.69. The van der Waals surface area contributed by atoms with Gasteiger partial charge in [0.15, 0.2) is 5.96 Å². The first-order chi connectivity index (χ1) is 12.7. The lowest BCUT2D eigenvalue weighted by molar-refractivity contribution is -0.00834. The van der Waals surface area contributed by atoms with Crippen molar-refractivity contribution in [1.29, 1.82) is 0 Å². The molecular formula is C20H27IN4O2. The van der Waals surface area contributed by atoms with Crippen LogP contribution in [0, 0.1) is 6.92 Å². The highest BCUT2D eigenvalue weighted by Crippen LogP contribution is 2.25. The highest BCUT2D eigenvalue weighted by molar-refractivity contribution is 14.0. The monoisotopic (exact) mass is 482 g/mol. The topological polar surface area (TPSA) is 59.0 Å². The molecule has 1 aromatic carbocycles. The summed E-state index contributed by atoms with van der Waals surface area (Å²) >= 11 is 0. The Morgan fingerprint density at radius 1 is 1.30 bits per heavy atom. The molecule has 1 atom stereocenters. The molecule has 2 heterocycles. The van der Waals surface area contributed by atoms with E-state index in [1.807, 2.05) is 18.2 Å². The van der Waals surface area contributed by atoms with E-state index in [4.69, 9.17) is 9.47 Å². The number of ether oxygens (including phenoxy) is 2. The van der Waals surface area contributed by atoms with E-state index in [9.17, 15) is 0 Å². The third-order valence-corrected chi connectivity index (χ3v) is 4.53. The van der Waals surface area contributed by atoms with E-state index in [2.05, 4.69) is 51.4 Å². The van der Waals surface area contributed by atoms with Gasteiger partial charge in [0.05, 0.1) is 32.5 Å². The number of hydrogen-bond acceptors (Lipinski definition) is 4. The van der Waals surface area contributed by atoms with Crippen LogP contribution >= 0.6 is 24.0 Å². The molecule has 1 N–H and O–H groups in total. The fourth-order valence-electron chi connectivity index (χ4n) is 3.15. The quantitative estimate of drug-likeness (QED) is 0.412. The van der Waals surface area contributed by atoms with Gasteiger partial charge in [-0.2, -0.15) is 0 Å². The molecule has 0 saturated carbocycles. The first-order valence-electron chi connectivity index (χ1n) is 8.84. The van der Waals surface area contributed by atoms with Gasteiger partial charge in [0, 0.05) is 19.7 Å². The van der Waals surface area contributed by atoms with Crippen molar-refractivity contribution in [2.45, 2.75) is 19.6 Å². The Hall–Kier alpha value is -1.87. The molecule has 3 rings (SSSR count). The first kappa shape index (κ1) is 21.4. The minimum atomic E-state index is 0. The second-order valence-electron chi connectivity index (χ2n) is 6.23. The lowest BCUT2D eigenvalue weighted by Gasteiger charge is -2.35. The number of aromatic nitrogens is 1. The molecule has 0 radical (unpaired) electrons. The molecule has 2 aromatic rings. The van der Waals surface area contributed by atoms with Crippen molar-refractivity contribution in [3.05, 3.63) is 59.3 Å². The number of nitrogens with zero attached hydrogens (tertiary/aromatic N) is 3. The van der Waals surface area contributed by atoms with E-state index in [0.29, 0.717) is 19.0 Å². The van der Waals surface area contributed by atoms with Crippen molar-refractivity contribution < 1.29 is 9.47 Å². The van der Waals surface area contributed by atoms with Crippen LogP contribution in [-0.2, 0) is 11.3 Å². The molecule has 6 nitrogen and oxygen atoms in total. The molecule has 1 saturated heterocycles. The smallest absolute Gasteiger partial charge is 0.213 e. The zero-order chi connectivity index (χ0) is 18.4. The molecule has 0 amide bonds. The number of aliphatic imine (C=N–C) groups is 1. The van der Waals surface area contributed by atoms with Gasteiger partial charge in [-0.3, -0.25) is 4.99 Å². The fourth-order valence-corrected chi connectivity index (χ4v) is 3.15. The van der Waals surface area contributed by atoms with Gasteiger partial charge in [0.2, 0.25) is 5.88 Å². The summed E-state index contributed by atoms with van der Waals surface area (Å²) in [6, 6.07) is 14.1. The first-order valence-corrected chi connectivity index (χ1v) is 8.84. The van der Waals surface area contributed by atoms with Crippen LogP contribution in [0.15, 0.2) is 47.5 Å². The van der Waals surface area contributed by atoms with Crippen molar-refractivity contribution in [3.63, 3.8) is 0 Å². The van der Waals surface area contributed by atoms with E-state index in [1.54, 1.807) is 14.2 Å².